The van der Waals surface area contributed by atoms with Gasteiger partial charge in [-0.2, -0.15) is 22.0 Å². The van der Waals surface area contributed by atoms with Crippen molar-refractivity contribution in [2.24, 2.45) is 0 Å². The number of fused-ring (bicyclic) bond motifs is 2. The molecule has 24 heavy (non-hydrogen) atoms. The highest BCUT2D eigenvalue weighted by molar-refractivity contribution is 5.32. The molecule has 1 N–H and O–H groups in total. The molecule has 3 nitrogen and oxygen atoms in total. The van der Waals surface area contributed by atoms with E-state index in [1.54, 1.807) is 0 Å². The maximum atomic E-state index is 12.9. The average molecular weight is 351 g/mol. The van der Waals surface area contributed by atoms with E-state index in [0.717, 1.165) is 25.0 Å². The first-order valence-electron chi connectivity index (χ1n) is 7.70. The predicted molar refractivity (Wildman–Crippen MR) is 75.8 cm³/mol. The van der Waals surface area contributed by atoms with Gasteiger partial charge in [0.2, 0.25) is 0 Å². The number of piperidine rings is 1. The van der Waals surface area contributed by atoms with Crippen LogP contribution >= 0.6 is 0 Å². The van der Waals surface area contributed by atoms with Crippen LogP contribution < -0.4 is 4.74 Å². The number of hydrogen-bond donors (Lipinski definition) is 1. The number of rotatable bonds is 3. The highest BCUT2D eigenvalue weighted by Gasteiger charge is 2.61. The van der Waals surface area contributed by atoms with Gasteiger partial charge in [-0.05, 0) is 50.4 Å². The summed E-state index contributed by atoms with van der Waals surface area (Å²) in [6.07, 6.45) is -8.03. The molecule has 8 heteroatoms. The van der Waals surface area contributed by atoms with Gasteiger partial charge in [0, 0.05) is 12.1 Å². The molecule has 0 radical (unpaired) electrons. The fraction of sp³-hybridized carbons (Fsp3) is 0.625. The lowest BCUT2D eigenvalue weighted by Gasteiger charge is -2.42. The van der Waals surface area contributed by atoms with Crippen LogP contribution in [0.3, 0.4) is 0 Å². The van der Waals surface area contributed by atoms with E-state index in [-0.39, 0.29) is 12.1 Å². The Kier molecular flexibility index (Phi) is 4.03. The lowest BCUT2D eigenvalue weighted by molar-refractivity contribution is -0.360. The molecule has 2 aliphatic heterocycles. The van der Waals surface area contributed by atoms with E-state index in [2.05, 4.69) is 9.64 Å². The minimum Gasteiger partial charge on any atom is -0.426 e. The van der Waals surface area contributed by atoms with Gasteiger partial charge in [0.1, 0.15) is 5.75 Å². The SMILES string of the molecule is CN1C2CCC1CC(O)(c1ccc(OC(F)(F)C(F)(F)F)cc1)C2. The van der Waals surface area contributed by atoms with Gasteiger partial charge < -0.3 is 14.7 Å². The molecule has 2 atom stereocenters. The van der Waals surface area contributed by atoms with E-state index in [9.17, 15) is 27.1 Å². The molecule has 2 unspecified atom stereocenters. The van der Waals surface area contributed by atoms with Crippen LogP contribution in [0.5, 0.6) is 5.75 Å². The summed E-state index contributed by atoms with van der Waals surface area (Å²) < 4.78 is 66.0. The molecule has 0 spiro atoms. The Balaban J connectivity index is 1.76. The first-order chi connectivity index (χ1) is 11.0. The molecular formula is C16H18F5NO2. The summed E-state index contributed by atoms with van der Waals surface area (Å²) in [5, 5.41) is 10.9. The van der Waals surface area contributed by atoms with Crippen molar-refractivity contribution < 1.29 is 31.8 Å². The van der Waals surface area contributed by atoms with E-state index in [0.29, 0.717) is 18.4 Å². The Morgan fingerprint density at radius 1 is 1.04 bits per heavy atom. The molecule has 2 fully saturated rings. The van der Waals surface area contributed by atoms with Gasteiger partial charge in [-0.3, -0.25) is 0 Å². The first-order valence-corrected chi connectivity index (χ1v) is 7.70. The van der Waals surface area contributed by atoms with Gasteiger partial charge in [0.05, 0.1) is 5.60 Å². The fourth-order valence-corrected chi connectivity index (χ4v) is 3.72. The Bertz CT molecular complexity index is 587. The highest BCUT2D eigenvalue weighted by Crippen LogP contribution is 2.45. The van der Waals surface area contributed by atoms with Crippen molar-refractivity contribution >= 4 is 0 Å². The monoisotopic (exact) mass is 351 g/mol. The third kappa shape index (κ3) is 2.97. The second-order valence-corrected chi connectivity index (χ2v) is 6.63. The number of halogens is 5. The Hall–Kier alpha value is -1.41. The van der Waals surface area contributed by atoms with Crippen LogP contribution in [0.15, 0.2) is 24.3 Å². The zero-order valence-corrected chi connectivity index (χ0v) is 13.0. The Labute approximate surface area is 136 Å². The molecule has 2 heterocycles. The van der Waals surface area contributed by atoms with E-state index in [1.165, 1.54) is 12.1 Å². The first kappa shape index (κ1) is 17.4. The van der Waals surface area contributed by atoms with E-state index in [4.69, 9.17) is 0 Å². The van der Waals surface area contributed by atoms with Crippen molar-refractivity contribution in [3.63, 3.8) is 0 Å². The van der Waals surface area contributed by atoms with Gasteiger partial charge in [-0.15, -0.1) is 0 Å². The summed E-state index contributed by atoms with van der Waals surface area (Å²) in [6, 6.07) is 5.28. The summed E-state index contributed by atoms with van der Waals surface area (Å²) in [5.41, 5.74) is -0.584. The van der Waals surface area contributed by atoms with Crippen LogP contribution in [0.4, 0.5) is 22.0 Å². The van der Waals surface area contributed by atoms with E-state index in [1.807, 2.05) is 7.05 Å². The molecule has 1 aromatic rings. The lowest BCUT2D eigenvalue weighted by atomic mass is 9.81. The topological polar surface area (TPSA) is 32.7 Å². The van der Waals surface area contributed by atoms with Crippen LogP contribution in [0.1, 0.15) is 31.2 Å². The fourth-order valence-electron chi connectivity index (χ4n) is 3.72. The highest BCUT2D eigenvalue weighted by atomic mass is 19.4. The van der Waals surface area contributed by atoms with E-state index >= 15 is 0 Å². The van der Waals surface area contributed by atoms with Crippen molar-refractivity contribution in [2.45, 2.75) is 55.7 Å². The van der Waals surface area contributed by atoms with Crippen molar-refractivity contribution in [3.05, 3.63) is 29.8 Å². The third-order valence-electron chi connectivity index (χ3n) is 5.10. The van der Waals surface area contributed by atoms with Gasteiger partial charge >= 0.3 is 12.3 Å². The molecule has 1 aromatic carbocycles. The molecule has 2 saturated heterocycles. The van der Waals surface area contributed by atoms with Crippen molar-refractivity contribution in [3.8, 4) is 5.75 Å². The van der Waals surface area contributed by atoms with Gasteiger partial charge in [-0.25, -0.2) is 0 Å². The standard InChI is InChI=1S/C16H18F5NO2/c1-22-11-4-5-12(22)9-14(23,8-11)10-2-6-13(7-3-10)24-16(20,21)15(17,18)19/h2-3,6-7,11-12,23H,4-5,8-9H2,1H3. The zero-order valence-electron chi connectivity index (χ0n) is 13.0. The molecule has 0 amide bonds. The molecule has 134 valence electrons. The molecule has 2 bridgehead atoms. The molecule has 0 aliphatic carbocycles. The summed E-state index contributed by atoms with van der Waals surface area (Å²) in [5.74, 6) is -0.597. The number of benzene rings is 1. The maximum Gasteiger partial charge on any atom is 0.499 e. The van der Waals surface area contributed by atoms with Crippen LogP contribution in [0.2, 0.25) is 0 Å². The predicted octanol–water partition coefficient (Wildman–Crippen LogP) is 3.66. The summed E-state index contributed by atoms with van der Waals surface area (Å²) >= 11 is 0. The van der Waals surface area contributed by atoms with Gasteiger partial charge in [0.15, 0.2) is 0 Å². The average Bonchev–Trinajstić information content (AvgIpc) is 2.70. The van der Waals surface area contributed by atoms with Crippen molar-refractivity contribution in [1.29, 1.82) is 0 Å². The normalized spacial score (nSPS) is 31.3. The second-order valence-electron chi connectivity index (χ2n) is 6.63. The smallest absolute Gasteiger partial charge is 0.426 e. The molecule has 2 aliphatic rings. The number of hydrogen-bond acceptors (Lipinski definition) is 3. The summed E-state index contributed by atoms with van der Waals surface area (Å²) in [6.45, 7) is 0. The largest absolute Gasteiger partial charge is 0.499 e. The third-order valence-corrected chi connectivity index (χ3v) is 5.10. The quantitative estimate of drug-likeness (QED) is 0.844. The number of alkyl halides is 5. The van der Waals surface area contributed by atoms with Crippen LogP contribution in [0.25, 0.3) is 0 Å². The summed E-state index contributed by atoms with van der Waals surface area (Å²) in [4.78, 5) is 2.23. The zero-order chi connectivity index (χ0) is 17.8. The van der Waals surface area contributed by atoms with E-state index < -0.39 is 23.6 Å². The van der Waals surface area contributed by atoms with Crippen LogP contribution in [-0.4, -0.2) is 41.4 Å². The van der Waals surface area contributed by atoms with Crippen molar-refractivity contribution in [1.82, 2.24) is 4.90 Å². The lowest BCUT2D eigenvalue weighted by Crippen LogP contribution is -2.47. The molecule has 0 saturated carbocycles. The molecular weight excluding hydrogens is 333 g/mol. The maximum absolute atomic E-state index is 12.9. The van der Waals surface area contributed by atoms with Crippen molar-refractivity contribution in [2.75, 3.05) is 7.05 Å². The number of nitrogens with zero attached hydrogens (tertiary/aromatic N) is 1. The Morgan fingerprint density at radius 2 is 1.54 bits per heavy atom. The molecule has 3 rings (SSSR count). The second kappa shape index (κ2) is 5.56. The number of aliphatic hydroxyl groups is 1. The minimum absolute atomic E-state index is 0.249. The van der Waals surface area contributed by atoms with Gasteiger partial charge in [-0.1, -0.05) is 12.1 Å². The summed E-state index contributed by atoms with van der Waals surface area (Å²) in [7, 11) is 2.01. The van der Waals surface area contributed by atoms with Gasteiger partial charge in [0.25, 0.3) is 0 Å². The minimum atomic E-state index is -5.78. The van der Waals surface area contributed by atoms with Crippen LogP contribution in [0, 0.1) is 0 Å². The number of ether oxygens (including phenoxy) is 1. The molecule has 0 aromatic heterocycles. The Morgan fingerprint density at radius 3 is 2.00 bits per heavy atom. The van der Waals surface area contributed by atoms with Crippen LogP contribution in [-0.2, 0) is 5.60 Å².